The molecule has 0 aliphatic carbocycles. The van der Waals surface area contributed by atoms with Crippen molar-refractivity contribution in [3.63, 3.8) is 0 Å². The van der Waals surface area contributed by atoms with Gasteiger partial charge in [-0.05, 0) is 54.0 Å². The maximum absolute atomic E-state index is 5.96. The fraction of sp³-hybridized carbons (Fsp3) is 0.538. The summed E-state index contributed by atoms with van der Waals surface area (Å²) in [4.78, 5) is 2.32. The molecule has 17 heavy (non-hydrogen) atoms. The van der Waals surface area contributed by atoms with Gasteiger partial charge in [0.1, 0.15) is 0 Å². The number of nitrogens with zero attached hydrogens (tertiary/aromatic N) is 1. The van der Waals surface area contributed by atoms with E-state index in [1.807, 2.05) is 0 Å². The predicted molar refractivity (Wildman–Crippen MR) is 76.4 cm³/mol. The molecule has 1 aliphatic rings. The van der Waals surface area contributed by atoms with Gasteiger partial charge in [-0.15, -0.1) is 0 Å². The van der Waals surface area contributed by atoms with Gasteiger partial charge in [0, 0.05) is 29.8 Å². The van der Waals surface area contributed by atoms with E-state index in [0.717, 1.165) is 29.7 Å². The monoisotopic (exact) mass is 297 g/mol. The molecule has 1 fully saturated rings. The van der Waals surface area contributed by atoms with E-state index in [1.54, 1.807) is 0 Å². The molecule has 0 spiro atoms. The third-order valence-electron chi connectivity index (χ3n) is 3.46. The first kappa shape index (κ1) is 12.9. The standard InChI is InChI=1S/C13H20BrN3/c1-10-3-4-11(14)12(7-10)16-13(8-15)5-6-17(2)9-13/h3-4,7,16H,5-6,8-9,15H2,1-2H3. The average molecular weight is 298 g/mol. The molecule has 0 aromatic heterocycles. The van der Waals surface area contributed by atoms with Crippen molar-refractivity contribution in [2.24, 2.45) is 5.73 Å². The summed E-state index contributed by atoms with van der Waals surface area (Å²) in [5.74, 6) is 0. The zero-order chi connectivity index (χ0) is 12.5. The number of benzene rings is 1. The highest BCUT2D eigenvalue weighted by Gasteiger charge is 2.35. The molecule has 0 amide bonds. The summed E-state index contributed by atoms with van der Waals surface area (Å²) in [6.45, 7) is 4.88. The van der Waals surface area contributed by atoms with Crippen LogP contribution in [0.4, 0.5) is 5.69 Å². The van der Waals surface area contributed by atoms with E-state index in [4.69, 9.17) is 5.73 Å². The lowest BCUT2D eigenvalue weighted by Gasteiger charge is -2.30. The van der Waals surface area contributed by atoms with Crippen LogP contribution in [0.2, 0.25) is 0 Å². The first-order valence-corrected chi connectivity index (χ1v) is 6.77. The second-order valence-corrected chi connectivity index (χ2v) is 5.93. The lowest BCUT2D eigenvalue weighted by molar-refractivity contribution is 0.385. The van der Waals surface area contributed by atoms with E-state index >= 15 is 0 Å². The van der Waals surface area contributed by atoms with Gasteiger partial charge in [-0.2, -0.15) is 0 Å². The van der Waals surface area contributed by atoms with Crippen LogP contribution in [0.25, 0.3) is 0 Å². The Kier molecular flexibility index (Phi) is 3.76. The molecule has 1 atom stereocenters. The van der Waals surface area contributed by atoms with E-state index in [0.29, 0.717) is 6.54 Å². The highest BCUT2D eigenvalue weighted by atomic mass is 79.9. The van der Waals surface area contributed by atoms with Crippen LogP contribution in [0.5, 0.6) is 0 Å². The van der Waals surface area contributed by atoms with Gasteiger partial charge in [-0.1, -0.05) is 6.07 Å². The third kappa shape index (κ3) is 2.81. The van der Waals surface area contributed by atoms with Gasteiger partial charge in [-0.25, -0.2) is 0 Å². The summed E-state index contributed by atoms with van der Waals surface area (Å²) < 4.78 is 1.10. The fourth-order valence-corrected chi connectivity index (χ4v) is 2.77. The number of anilines is 1. The zero-order valence-corrected chi connectivity index (χ0v) is 12.0. The topological polar surface area (TPSA) is 41.3 Å². The van der Waals surface area contributed by atoms with Gasteiger partial charge >= 0.3 is 0 Å². The maximum atomic E-state index is 5.96. The molecule has 94 valence electrons. The Morgan fingerprint density at radius 1 is 1.53 bits per heavy atom. The van der Waals surface area contributed by atoms with E-state index in [1.165, 1.54) is 5.56 Å². The van der Waals surface area contributed by atoms with Crippen molar-refractivity contribution in [2.45, 2.75) is 18.9 Å². The van der Waals surface area contributed by atoms with Crippen molar-refractivity contribution in [1.29, 1.82) is 0 Å². The lowest BCUT2D eigenvalue weighted by Crippen LogP contribution is -2.47. The average Bonchev–Trinajstić information content (AvgIpc) is 2.66. The van der Waals surface area contributed by atoms with Gasteiger partial charge < -0.3 is 16.0 Å². The van der Waals surface area contributed by atoms with Crippen molar-refractivity contribution >= 4 is 21.6 Å². The molecule has 1 saturated heterocycles. The fourth-order valence-electron chi connectivity index (χ4n) is 2.42. The SMILES string of the molecule is Cc1ccc(Br)c(NC2(CN)CCN(C)C2)c1. The number of aryl methyl sites for hydroxylation is 1. The minimum absolute atomic E-state index is 0.0189. The highest BCUT2D eigenvalue weighted by molar-refractivity contribution is 9.10. The van der Waals surface area contributed by atoms with Gasteiger partial charge in [0.15, 0.2) is 0 Å². The Balaban J connectivity index is 2.21. The van der Waals surface area contributed by atoms with Gasteiger partial charge in [0.05, 0.1) is 5.54 Å². The van der Waals surface area contributed by atoms with Crippen molar-refractivity contribution in [2.75, 3.05) is 32.0 Å². The molecule has 2 rings (SSSR count). The van der Waals surface area contributed by atoms with Crippen LogP contribution in [0.1, 0.15) is 12.0 Å². The Labute approximate surface area is 111 Å². The number of hydrogen-bond acceptors (Lipinski definition) is 3. The molecule has 1 aromatic rings. The molecule has 0 bridgehead atoms. The lowest BCUT2D eigenvalue weighted by atomic mass is 9.98. The number of rotatable bonds is 3. The summed E-state index contributed by atoms with van der Waals surface area (Å²) in [7, 11) is 2.14. The molecule has 0 radical (unpaired) electrons. The molecule has 4 heteroatoms. The van der Waals surface area contributed by atoms with Crippen molar-refractivity contribution in [1.82, 2.24) is 4.90 Å². The molecule has 1 heterocycles. The number of halogens is 1. The summed E-state index contributed by atoms with van der Waals surface area (Å²) in [6.07, 6.45) is 1.10. The first-order valence-electron chi connectivity index (χ1n) is 5.98. The van der Waals surface area contributed by atoms with Crippen molar-refractivity contribution < 1.29 is 0 Å². The summed E-state index contributed by atoms with van der Waals surface area (Å²) in [5, 5.41) is 3.63. The van der Waals surface area contributed by atoms with Crippen molar-refractivity contribution in [3.05, 3.63) is 28.2 Å². The van der Waals surface area contributed by atoms with E-state index in [-0.39, 0.29) is 5.54 Å². The molecule has 3 N–H and O–H groups in total. The quantitative estimate of drug-likeness (QED) is 0.899. The first-order chi connectivity index (χ1) is 8.04. The number of hydrogen-bond donors (Lipinski definition) is 2. The second kappa shape index (κ2) is 4.96. The molecule has 3 nitrogen and oxygen atoms in total. The Morgan fingerprint density at radius 3 is 2.88 bits per heavy atom. The molecular weight excluding hydrogens is 278 g/mol. The van der Waals surface area contributed by atoms with Crippen LogP contribution in [-0.2, 0) is 0 Å². The molecule has 0 saturated carbocycles. The molecule has 1 aromatic carbocycles. The smallest absolute Gasteiger partial charge is 0.0634 e. The number of likely N-dealkylation sites (tertiary alicyclic amines) is 1. The Bertz CT molecular complexity index is 408. The van der Waals surface area contributed by atoms with Crippen LogP contribution < -0.4 is 11.1 Å². The summed E-state index contributed by atoms with van der Waals surface area (Å²) in [5.41, 5.74) is 8.38. The minimum Gasteiger partial charge on any atom is -0.376 e. The Hall–Kier alpha value is -0.580. The third-order valence-corrected chi connectivity index (χ3v) is 4.15. The normalized spacial score (nSPS) is 25.2. The number of nitrogens with two attached hydrogens (primary N) is 1. The maximum Gasteiger partial charge on any atom is 0.0634 e. The van der Waals surface area contributed by atoms with Gasteiger partial charge in [0.2, 0.25) is 0 Å². The predicted octanol–water partition coefficient (Wildman–Crippen LogP) is 2.20. The highest BCUT2D eigenvalue weighted by Crippen LogP contribution is 2.30. The summed E-state index contributed by atoms with van der Waals surface area (Å²) in [6, 6.07) is 6.35. The minimum atomic E-state index is 0.0189. The van der Waals surface area contributed by atoms with Crippen LogP contribution in [-0.4, -0.2) is 37.1 Å². The molecule has 1 aliphatic heterocycles. The van der Waals surface area contributed by atoms with Gasteiger partial charge in [0.25, 0.3) is 0 Å². The van der Waals surface area contributed by atoms with Crippen molar-refractivity contribution in [3.8, 4) is 0 Å². The van der Waals surface area contributed by atoms with Crippen LogP contribution in [0.3, 0.4) is 0 Å². The number of nitrogens with one attached hydrogen (secondary N) is 1. The van der Waals surface area contributed by atoms with Crippen LogP contribution in [0.15, 0.2) is 22.7 Å². The summed E-state index contributed by atoms with van der Waals surface area (Å²) >= 11 is 3.59. The van der Waals surface area contributed by atoms with Crippen LogP contribution >= 0.6 is 15.9 Å². The van der Waals surface area contributed by atoms with E-state index in [9.17, 15) is 0 Å². The molecular formula is C13H20BrN3. The molecule has 1 unspecified atom stereocenters. The van der Waals surface area contributed by atoms with Gasteiger partial charge in [-0.3, -0.25) is 0 Å². The Morgan fingerprint density at radius 2 is 2.29 bits per heavy atom. The second-order valence-electron chi connectivity index (χ2n) is 5.08. The van der Waals surface area contributed by atoms with E-state index < -0.39 is 0 Å². The van der Waals surface area contributed by atoms with E-state index in [2.05, 4.69) is 58.3 Å². The largest absolute Gasteiger partial charge is 0.376 e. The zero-order valence-electron chi connectivity index (χ0n) is 10.5. The van der Waals surface area contributed by atoms with Crippen LogP contribution in [0, 0.1) is 6.92 Å². The number of likely N-dealkylation sites (N-methyl/N-ethyl adjacent to an activating group) is 1.